The summed E-state index contributed by atoms with van der Waals surface area (Å²) in [6.45, 7) is 5.05. The molecule has 0 spiro atoms. The Hall–Kier alpha value is -2.49. The zero-order valence-electron chi connectivity index (χ0n) is 21.9. The lowest BCUT2D eigenvalue weighted by Crippen LogP contribution is -2.91. The molecule has 2 aromatic carbocycles. The molecule has 8 nitrogen and oxygen atoms in total. The lowest BCUT2D eigenvalue weighted by Gasteiger charge is -2.32. The van der Waals surface area contributed by atoms with Crippen molar-refractivity contribution in [3.8, 4) is 0 Å². The number of carbonyl (C=O) groups excluding carboxylic acids is 2. The monoisotopic (exact) mass is 532 g/mol. The van der Waals surface area contributed by atoms with Crippen LogP contribution in [-0.2, 0) is 14.2 Å². The Kier molecular flexibility index (Phi) is 11.8. The van der Waals surface area contributed by atoms with Crippen LogP contribution in [0.5, 0.6) is 0 Å². The minimum absolute atomic E-state index is 0.0219. The highest BCUT2D eigenvalue weighted by Crippen LogP contribution is 2.28. The number of carbonyl (C=O) groups is 2. The first-order valence-corrected chi connectivity index (χ1v) is 13.2. The summed E-state index contributed by atoms with van der Waals surface area (Å²) < 4.78 is 16.4. The van der Waals surface area contributed by atoms with E-state index >= 15 is 0 Å². The first-order valence-electron chi connectivity index (χ1n) is 12.8. The van der Waals surface area contributed by atoms with Crippen molar-refractivity contribution in [1.82, 2.24) is 10.6 Å². The molecule has 0 aliphatic carbocycles. The number of hydrogen-bond acceptors (Lipinski definition) is 6. The van der Waals surface area contributed by atoms with E-state index in [1.165, 1.54) is 7.11 Å². The second-order valence-corrected chi connectivity index (χ2v) is 9.82. The average Bonchev–Trinajstić information content (AvgIpc) is 2.93. The lowest BCUT2D eigenvalue weighted by molar-refractivity contribution is -0.559. The number of rotatable bonds is 12. The van der Waals surface area contributed by atoms with E-state index in [4.69, 9.17) is 21.1 Å². The summed E-state index contributed by atoms with van der Waals surface area (Å²) >= 11 is 6.24. The van der Waals surface area contributed by atoms with Crippen molar-refractivity contribution < 1.29 is 29.1 Å². The Morgan fingerprint density at radius 3 is 2.62 bits per heavy atom. The summed E-state index contributed by atoms with van der Waals surface area (Å²) in [7, 11) is 3.26. The fraction of sp³-hybridized carbons (Fsp3) is 0.500. The highest BCUT2D eigenvalue weighted by atomic mass is 35.5. The number of amides is 2. The van der Waals surface area contributed by atoms with Gasteiger partial charge in [-0.1, -0.05) is 42.8 Å². The molecule has 3 rings (SSSR count). The number of primary amides is 1. The molecule has 1 aliphatic rings. The van der Waals surface area contributed by atoms with E-state index in [-0.39, 0.29) is 25.1 Å². The van der Waals surface area contributed by atoms with Crippen LogP contribution in [0.2, 0.25) is 5.02 Å². The highest BCUT2D eigenvalue weighted by Gasteiger charge is 2.29. The summed E-state index contributed by atoms with van der Waals surface area (Å²) in [5.41, 5.74) is 2.29. The van der Waals surface area contributed by atoms with Crippen molar-refractivity contribution in [1.29, 1.82) is 0 Å². The quantitative estimate of drug-likeness (QED) is 0.363. The molecule has 2 aromatic rings. The van der Waals surface area contributed by atoms with E-state index in [0.29, 0.717) is 29.0 Å². The third kappa shape index (κ3) is 8.79. The van der Waals surface area contributed by atoms with E-state index in [1.54, 1.807) is 11.4 Å². The molecule has 202 valence electrons. The third-order valence-electron chi connectivity index (χ3n) is 6.97. The van der Waals surface area contributed by atoms with Crippen LogP contribution in [0, 0.1) is 11.8 Å². The van der Waals surface area contributed by atoms with E-state index in [2.05, 4.69) is 22.3 Å². The van der Waals surface area contributed by atoms with Gasteiger partial charge in [0.15, 0.2) is 0 Å². The van der Waals surface area contributed by atoms with Crippen molar-refractivity contribution in [2.45, 2.75) is 31.9 Å². The molecule has 1 aliphatic heterocycles. The molecule has 0 saturated carbocycles. The minimum atomic E-state index is -0.517. The van der Waals surface area contributed by atoms with E-state index in [9.17, 15) is 9.59 Å². The van der Waals surface area contributed by atoms with Gasteiger partial charge in [-0.3, -0.25) is 5.32 Å². The normalized spacial score (nSPS) is 18.0. The molecule has 0 radical (unpaired) electrons. The van der Waals surface area contributed by atoms with Gasteiger partial charge in [0.05, 0.1) is 31.9 Å². The fourth-order valence-corrected chi connectivity index (χ4v) is 4.97. The number of alkyl carbamates (subject to hydrolysis) is 1. The number of nitrogens with one attached hydrogen (secondary N) is 2. The number of ether oxygens (including phenoxy) is 3. The van der Waals surface area contributed by atoms with Crippen molar-refractivity contribution in [3.63, 3.8) is 0 Å². The van der Waals surface area contributed by atoms with Gasteiger partial charge in [-0.15, -0.1) is 0 Å². The van der Waals surface area contributed by atoms with Crippen molar-refractivity contribution in [3.05, 3.63) is 70.2 Å². The van der Waals surface area contributed by atoms with Crippen molar-refractivity contribution in [2.75, 3.05) is 47.1 Å². The van der Waals surface area contributed by atoms with Gasteiger partial charge in [0.2, 0.25) is 0 Å². The van der Waals surface area contributed by atoms with Gasteiger partial charge in [0.1, 0.15) is 6.10 Å². The fourth-order valence-electron chi connectivity index (χ4n) is 4.77. The molecule has 37 heavy (non-hydrogen) atoms. The maximum absolute atomic E-state index is 13.2. The van der Waals surface area contributed by atoms with E-state index < -0.39 is 12.2 Å². The molecule has 1 fully saturated rings. The predicted octanol–water partition coefficient (Wildman–Crippen LogP) is 3.16. The van der Waals surface area contributed by atoms with Gasteiger partial charge in [-0.2, -0.15) is 0 Å². The Morgan fingerprint density at radius 2 is 1.95 bits per heavy atom. The molecule has 0 bridgehead atoms. The predicted molar refractivity (Wildman–Crippen MR) is 143 cm³/mol. The Balaban J connectivity index is 1.69. The molecule has 4 atom stereocenters. The number of hydrogen-bond donors (Lipinski definition) is 3. The lowest BCUT2D eigenvalue weighted by atomic mass is 9.84. The van der Waals surface area contributed by atoms with Crippen LogP contribution in [0.15, 0.2) is 48.5 Å². The maximum atomic E-state index is 13.2. The number of halogens is 1. The topological polar surface area (TPSA) is 102 Å². The number of quaternary nitrogens is 1. The molecule has 4 unspecified atom stereocenters. The largest absolute Gasteiger partial charge is 0.453 e. The average molecular weight is 533 g/mol. The van der Waals surface area contributed by atoms with Gasteiger partial charge in [-0.05, 0) is 67.1 Å². The first kappa shape index (κ1) is 29.1. The summed E-state index contributed by atoms with van der Waals surface area (Å²) in [6.07, 6.45) is 1.28. The first-order chi connectivity index (χ1) is 17.9. The molecular weight excluding hydrogens is 494 g/mol. The molecule has 4 N–H and O–H groups in total. The number of benzene rings is 2. The van der Waals surface area contributed by atoms with Crippen molar-refractivity contribution in [2.24, 2.45) is 11.8 Å². The van der Waals surface area contributed by atoms with Gasteiger partial charge in [0, 0.05) is 24.8 Å². The number of likely N-dealkylation sites (N-methyl/N-ethyl adjacent to an activating group) is 1. The van der Waals surface area contributed by atoms with E-state index in [0.717, 1.165) is 37.2 Å². The molecular formula is C28H39ClN3O5+. The Labute approximate surface area is 224 Å². The van der Waals surface area contributed by atoms with Crippen molar-refractivity contribution >= 4 is 23.6 Å². The van der Waals surface area contributed by atoms with Crippen LogP contribution in [-0.4, -0.2) is 65.1 Å². The van der Waals surface area contributed by atoms with Gasteiger partial charge in [0.25, 0.3) is 0 Å². The van der Waals surface area contributed by atoms with Gasteiger partial charge < -0.3 is 24.8 Å². The summed E-state index contributed by atoms with van der Waals surface area (Å²) in [5, 5.41) is 8.37. The third-order valence-corrected chi connectivity index (χ3v) is 7.20. The zero-order chi connectivity index (χ0) is 26.6. The van der Waals surface area contributed by atoms with Crippen LogP contribution in [0.1, 0.15) is 47.4 Å². The van der Waals surface area contributed by atoms with Crippen LogP contribution in [0.4, 0.5) is 4.79 Å². The smallest absolute Gasteiger partial charge is 0.406 e. The highest BCUT2D eigenvalue weighted by molar-refractivity contribution is 6.30. The maximum Gasteiger partial charge on any atom is 0.406 e. The molecule has 2 amide bonds. The Morgan fingerprint density at radius 1 is 1.19 bits per heavy atom. The van der Waals surface area contributed by atoms with Crippen LogP contribution in [0.3, 0.4) is 0 Å². The molecule has 1 heterocycles. The van der Waals surface area contributed by atoms with Crippen LogP contribution >= 0.6 is 11.6 Å². The Bertz CT molecular complexity index is 1010. The standard InChI is InChI=1S/C28H38ClN3O5/c1-19(23-10-6-13-36-18-23)25(30-2)17-32-27(33)22-9-4-7-20(15-22)26(21-8-5-11-24(29)16-21)37-14-12-31-28(34)35-3/h4-5,7-9,11,15-16,19,23,25-26,30H,6,10,12-14,17-18H2,1-3H3,(H,31,34)(H,32,33)/p+1. The second kappa shape index (κ2) is 15.1. The SMILES string of the molecule is CNC(C[NH2+]C(=O)c1cccc(C(OCCNC(=O)OC)c2cccc(Cl)c2)c1)C(C)C1CCCOC1. The zero-order valence-corrected chi connectivity index (χ0v) is 22.6. The molecule has 9 heteroatoms. The summed E-state index contributed by atoms with van der Waals surface area (Å²) in [5.74, 6) is 0.883. The van der Waals surface area contributed by atoms with Gasteiger partial charge in [-0.25, -0.2) is 9.59 Å². The van der Waals surface area contributed by atoms with Crippen LogP contribution < -0.4 is 16.0 Å². The number of nitrogens with two attached hydrogens (primary N) is 1. The van der Waals surface area contributed by atoms with Gasteiger partial charge >= 0.3 is 12.0 Å². The molecule has 1 saturated heterocycles. The second-order valence-electron chi connectivity index (χ2n) is 9.39. The minimum Gasteiger partial charge on any atom is -0.453 e. The van der Waals surface area contributed by atoms with E-state index in [1.807, 2.05) is 49.5 Å². The summed E-state index contributed by atoms with van der Waals surface area (Å²) in [6, 6.07) is 15.1. The van der Waals surface area contributed by atoms with Crippen LogP contribution in [0.25, 0.3) is 0 Å². The number of methoxy groups -OCH3 is 1. The summed E-state index contributed by atoms with van der Waals surface area (Å²) in [4.78, 5) is 24.5. The molecule has 0 aromatic heterocycles.